The molecule has 1 atom stereocenters. The van der Waals surface area contributed by atoms with Crippen molar-refractivity contribution in [1.82, 2.24) is 14.9 Å². The van der Waals surface area contributed by atoms with Crippen LogP contribution in [0.1, 0.15) is 11.1 Å². The second-order valence-electron chi connectivity index (χ2n) is 6.11. The molecule has 3 rings (SSSR count). The summed E-state index contributed by atoms with van der Waals surface area (Å²) in [5.74, 6) is 0.815. The maximum absolute atomic E-state index is 9.35. The van der Waals surface area contributed by atoms with Gasteiger partial charge in [-0.3, -0.25) is 4.90 Å². The molecule has 1 aromatic heterocycles. The van der Waals surface area contributed by atoms with E-state index in [9.17, 15) is 5.11 Å². The number of hydrogen-bond acceptors (Lipinski definition) is 6. The number of aromatic nitrogens is 2. The zero-order chi connectivity index (χ0) is 16.6. The highest BCUT2D eigenvalue weighted by molar-refractivity contribution is 5.27. The maximum atomic E-state index is 9.35. The summed E-state index contributed by atoms with van der Waals surface area (Å²) in [4.78, 5) is 11.1. The fourth-order valence-corrected chi connectivity index (χ4v) is 2.77. The van der Waals surface area contributed by atoms with Gasteiger partial charge in [0.05, 0.1) is 13.2 Å². The molecule has 6 heteroatoms. The van der Waals surface area contributed by atoms with Gasteiger partial charge in [0.2, 0.25) is 5.95 Å². The van der Waals surface area contributed by atoms with Gasteiger partial charge in [0, 0.05) is 56.7 Å². The van der Waals surface area contributed by atoms with Gasteiger partial charge in [0.1, 0.15) is 0 Å². The van der Waals surface area contributed by atoms with Gasteiger partial charge >= 0.3 is 0 Å². The first kappa shape index (κ1) is 16.8. The number of anilines is 1. The van der Waals surface area contributed by atoms with Crippen LogP contribution in [0, 0.1) is 5.92 Å². The molecule has 0 amide bonds. The lowest BCUT2D eigenvalue weighted by molar-refractivity contribution is 0.0958. The van der Waals surface area contributed by atoms with Gasteiger partial charge in [-0.1, -0.05) is 30.3 Å². The van der Waals surface area contributed by atoms with Crippen molar-refractivity contribution >= 4 is 5.95 Å². The lowest BCUT2D eigenvalue weighted by Crippen LogP contribution is -2.31. The highest BCUT2D eigenvalue weighted by Gasteiger charge is 2.18. The Balaban J connectivity index is 1.52. The lowest BCUT2D eigenvalue weighted by Gasteiger charge is -2.22. The topological polar surface area (TPSA) is 70.5 Å². The average Bonchev–Trinajstić information content (AvgIpc) is 2.87. The second-order valence-corrected chi connectivity index (χ2v) is 6.11. The van der Waals surface area contributed by atoms with E-state index in [2.05, 4.69) is 32.3 Å². The number of nitrogens with zero attached hydrogens (tertiary/aromatic N) is 3. The van der Waals surface area contributed by atoms with Crippen molar-refractivity contribution in [2.24, 2.45) is 5.92 Å². The molecule has 1 fully saturated rings. The molecule has 0 bridgehead atoms. The van der Waals surface area contributed by atoms with Gasteiger partial charge < -0.3 is 15.2 Å². The lowest BCUT2D eigenvalue weighted by atomic mass is 10.1. The summed E-state index contributed by atoms with van der Waals surface area (Å²) in [6.45, 7) is 4.69. The predicted octanol–water partition coefficient (Wildman–Crippen LogP) is 1.53. The van der Waals surface area contributed by atoms with E-state index in [0.717, 1.165) is 25.2 Å². The van der Waals surface area contributed by atoms with Crippen molar-refractivity contribution in [3.8, 4) is 0 Å². The molecule has 1 aromatic carbocycles. The molecule has 0 unspecified atom stereocenters. The Kier molecular flexibility index (Phi) is 6.12. The van der Waals surface area contributed by atoms with Crippen LogP contribution in [0.5, 0.6) is 0 Å². The van der Waals surface area contributed by atoms with Crippen LogP contribution in [0.4, 0.5) is 5.95 Å². The quantitative estimate of drug-likeness (QED) is 0.838. The Bertz CT molecular complexity index is 606. The number of aliphatic hydroxyl groups excluding tert-OH is 1. The van der Waals surface area contributed by atoms with Crippen molar-refractivity contribution in [2.75, 3.05) is 38.2 Å². The standard InChI is InChI=1S/C18H24N4O2/c23-13-17-12-22(6-7-24-14-17)11-16-9-20-18(21-10-16)19-8-15-4-2-1-3-5-15/h1-5,9-10,17,23H,6-8,11-14H2,(H,19,20,21)/t17-/m1/s1. The van der Waals surface area contributed by atoms with Gasteiger partial charge in [-0.05, 0) is 5.56 Å². The van der Waals surface area contributed by atoms with E-state index in [1.807, 2.05) is 30.6 Å². The molecule has 1 saturated heterocycles. The fraction of sp³-hybridized carbons (Fsp3) is 0.444. The Morgan fingerprint density at radius 3 is 2.71 bits per heavy atom. The predicted molar refractivity (Wildman–Crippen MR) is 92.5 cm³/mol. The number of benzene rings is 1. The van der Waals surface area contributed by atoms with Gasteiger partial charge in [0.15, 0.2) is 0 Å². The third-order valence-corrected chi connectivity index (χ3v) is 4.08. The molecule has 0 aliphatic carbocycles. The molecule has 2 N–H and O–H groups in total. The van der Waals surface area contributed by atoms with Crippen LogP contribution in [0.3, 0.4) is 0 Å². The minimum absolute atomic E-state index is 0.162. The van der Waals surface area contributed by atoms with Crippen LogP contribution in [-0.2, 0) is 17.8 Å². The van der Waals surface area contributed by atoms with Crippen molar-refractivity contribution < 1.29 is 9.84 Å². The smallest absolute Gasteiger partial charge is 0.222 e. The number of nitrogens with one attached hydrogen (secondary N) is 1. The molecule has 128 valence electrons. The van der Waals surface area contributed by atoms with Crippen molar-refractivity contribution in [3.05, 3.63) is 53.9 Å². The van der Waals surface area contributed by atoms with E-state index < -0.39 is 0 Å². The van der Waals surface area contributed by atoms with E-state index in [0.29, 0.717) is 25.7 Å². The van der Waals surface area contributed by atoms with Crippen LogP contribution in [0.2, 0.25) is 0 Å². The molecular formula is C18H24N4O2. The first-order valence-electron chi connectivity index (χ1n) is 8.33. The van der Waals surface area contributed by atoms with E-state index in [4.69, 9.17) is 4.74 Å². The highest BCUT2D eigenvalue weighted by atomic mass is 16.5. The monoisotopic (exact) mass is 328 g/mol. The average molecular weight is 328 g/mol. The van der Waals surface area contributed by atoms with Crippen molar-refractivity contribution in [2.45, 2.75) is 13.1 Å². The van der Waals surface area contributed by atoms with E-state index in [-0.39, 0.29) is 12.5 Å². The summed E-state index contributed by atoms with van der Waals surface area (Å²) in [5.41, 5.74) is 2.27. The Hall–Kier alpha value is -2.02. The van der Waals surface area contributed by atoms with Crippen LogP contribution in [0.25, 0.3) is 0 Å². The van der Waals surface area contributed by atoms with Crippen LogP contribution in [0.15, 0.2) is 42.7 Å². The third-order valence-electron chi connectivity index (χ3n) is 4.08. The molecule has 0 radical (unpaired) electrons. The van der Waals surface area contributed by atoms with E-state index in [1.165, 1.54) is 5.56 Å². The Morgan fingerprint density at radius 2 is 1.96 bits per heavy atom. The fourth-order valence-electron chi connectivity index (χ4n) is 2.77. The zero-order valence-corrected chi connectivity index (χ0v) is 13.8. The summed E-state index contributed by atoms with van der Waals surface area (Å²) in [6.07, 6.45) is 3.72. The maximum Gasteiger partial charge on any atom is 0.222 e. The largest absolute Gasteiger partial charge is 0.396 e. The van der Waals surface area contributed by atoms with E-state index >= 15 is 0 Å². The van der Waals surface area contributed by atoms with Gasteiger partial charge in [-0.15, -0.1) is 0 Å². The molecule has 1 aliphatic heterocycles. The summed E-state index contributed by atoms with van der Waals surface area (Å²) in [7, 11) is 0. The molecular weight excluding hydrogens is 304 g/mol. The summed E-state index contributed by atoms with van der Waals surface area (Å²) >= 11 is 0. The molecule has 2 heterocycles. The van der Waals surface area contributed by atoms with E-state index in [1.54, 1.807) is 0 Å². The van der Waals surface area contributed by atoms with Crippen LogP contribution >= 0.6 is 0 Å². The first-order chi connectivity index (χ1) is 11.8. The third kappa shape index (κ3) is 4.99. The molecule has 0 saturated carbocycles. The molecule has 0 spiro atoms. The SMILES string of the molecule is OC[C@@H]1COCCN(Cc2cnc(NCc3ccccc3)nc2)C1. The Labute approximate surface area is 142 Å². The minimum Gasteiger partial charge on any atom is -0.396 e. The normalized spacial score (nSPS) is 19.0. The minimum atomic E-state index is 0.162. The van der Waals surface area contributed by atoms with Crippen LogP contribution < -0.4 is 5.32 Å². The van der Waals surface area contributed by atoms with Gasteiger partial charge in [-0.25, -0.2) is 9.97 Å². The summed E-state index contributed by atoms with van der Waals surface area (Å²) in [6, 6.07) is 10.2. The number of hydrogen-bond donors (Lipinski definition) is 2. The van der Waals surface area contributed by atoms with Gasteiger partial charge in [-0.2, -0.15) is 0 Å². The summed E-state index contributed by atoms with van der Waals surface area (Å²) in [5, 5.41) is 12.6. The second kappa shape index (κ2) is 8.73. The molecule has 1 aliphatic rings. The molecule has 24 heavy (non-hydrogen) atoms. The summed E-state index contributed by atoms with van der Waals surface area (Å²) < 4.78 is 5.52. The van der Waals surface area contributed by atoms with Crippen molar-refractivity contribution in [3.63, 3.8) is 0 Å². The Morgan fingerprint density at radius 1 is 1.17 bits per heavy atom. The highest BCUT2D eigenvalue weighted by Crippen LogP contribution is 2.11. The van der Waals surface area contributed by atoms with Crippen LogP contribution in [-0.4, -0.2) is 52.9 Å². The number of aliphatic hydroxyl groups is 1. The van der Waals surface area contributed by atoms with Gasteiger partial charge in [0.25, 0.3) is 0 Å². The first-order valence-corrected chi connectivity index (χ1v) is 8.33. The zero-order valence-electron chi connectivity index (χ0n) is 13.8. The number of ether oxygens (including phenoxy) is 1. The van der Waals surface area contributed by atoms with Crippen molar-refractivity contribution in [1.29, 1.82) is 0 Å². The number of rotatable bonds is 6. The molecule has 6 nitrogen and oxygen atoms in total. The molecule has 2 aromatic rings.